The average Bonchev–Trinajstić information content (AvgIpc) is 2.30. The summed E-state index contributed by atoms with van der Waals surface area (Å²) in [7, 11) is 0. The van der Waals surface area contributed by atoms with Crippen molar-refractivity contribution in [2.75, 3.05) is 5.32 Å². The number of amides is 1. The first-order chi connectivity index (χ1) is 7.75. The van der Waals surface area contributed by atoms with Crippen molar-refractivity contribution in [3.63, 3.8) is 0 Å². The van der Waals surface area contributed by atoms with Crippen LogP contribution in [-0.4, -0.2) is 20.9 Å². The highest BCUT2D eigenvalue weighted by Gasteiger charge is 2.06. The van der Waals surface area contributed by atoms with Crippen molar-refractivity contribution in [2.45, 2.75) is 0 Å². The molecule has 5 nitrogen and oxygen atoms in total. The molecule has 0 aliphatic rings. The minimum absolute atomic E-state index is 0.247. The molecule has 0 unspecified atom stereocenters. The monoisotopic (exact) mass is 278 g/mol. The van der Waals surface area contributed by atoms with Gasteiger partial charge in [0.1, 0.15) is 6.33 Å². The van der Waals surface area contributed by atoms with Gasteiger partial charge >= 0.3 is 0 Å². The van der Waals surface area contributed by atoms with Gasteiger partial charge in [-0.25, -0.2) is 9.97 Å². The first kappa shape index (κ1) is 10.7. The molecule has 2 heterocycles. The lowest BCUT2D eigenvalue weighted by Gasteiger charge is -2.03. The van der Waals surface area contributed by atoms with Gasteiger partial charge in [0.15, 0.2) is 0 Å². The van der Waals surface area contributed by atoms with Crippen LogP contribution in [0.3, 0.4) is 0 Å². The molecule has 0 radical (unpaired) electrons. The number of aromatic nitrogens is 3. The van der Waals surface area contributed by atoms with E-state index in [1.165, 1.54) is 24.9 Å². The number of halogens is 1. The van der Waals surface area contributed by atoms with Crippen LogP contribution in [0.25, 0.3) is 0 Å². The lowest BCUT2D eigenvalue weighted by atomic mass is 10.2. The molecule has 16 heavy (non-hydrogen) atoms. The van der Waals surface area contributed by atoms with E-state index in [2.05, 4.69) is 36.2 Å². The van der Waals surface area contributed by atoms with Crippen LogP contribution in [0.5, 0.6) is 0 Å². The molecule has 0 saturated carbocycles. The smallest absolute Gasteiger partial charge is 0.257 e. The third-order valence-electron chi connectivity index (χ3n) is 1.79. The summed E-state index contributed by atoms with van der Waals surface area (Å²) in [6.07, 6.45) is 7.55. The molecule has 2 rings (SSSR count). The molecule has 2 aromatic heterocycles. The molecule has 0 spiro atoms. The SMILES string of the molecule is O=C(Nc1cncnc1)c1cncc(Br)c1. The largest absolute Gasteiger partial charge is 0.319 e. The Bertz CT molecular complexity index is 503. The minimum Gasteiger partial charge on any atom is -0.319 e. The predicted octanol–water partition coefficient (Wildman–Crippen LogP) is 1.89. The fourth-order valence-electron chi connectivity index (χ4n) is 1.10. The normalized spacial score (nSPS) is 9.81. The zero-order valence-corrected chi connectivity index (χ0v) is 9.68. The molecular formula is C10H7BrN4O. The van der Waals surface area contributed by atoms with Crippen molar-refractivity contribution in [3.05, 3.63) is 47.2 Å². The number of hydrogen-bond donors (Lipinski definition) is 1. The predicted molar refractivity (Wildman–Crippen MR) is 61.9 cm³/mol. The maximum atomic E-state index is 11.7. The summed E-state index contributed by atoms with van der Waals surface area (Å²) in [6, 6.07) is 1.69. The van der Waals surface area contributed by atoms with Crippen molar-refractivity contribution in [1.29, 1.82) is 0 Å². The van der Waals surface area contributed by atoms with Gasteiger partial charge in [0.05, 0.1) is 23.6 Å². The van der Waals surface area contributed by atoms with Gasteiger partial charge in [-0.1, -0.05) is 0 Å². The number of hydrogen-bond acceptors (Lipinski definition) is 4. The van der Waals surface area contributed by atoms with Gasteiger partial charge in [-0.05, 0) is 22.0 Å². The second-order valence-electron chi connectivity index (χ2n) is 2.97. The number of carbonyl (C=O) groups excluding carboxylic acids is 1. The van der Waals surface area contributed by atoms with Crippen molar-refractivity contribution in [1.82, 2.24) is 15.0 Å². The van der Waals surface area contributed by atoms with E-state index in [1.807, 2.05) is 0 Å². The Labute approximate surface area is 100 Å². The van der Waals surface area contributed by atoms with Crippen LogP contribution in [0.1, 0.15) is 10.4 Å². The lowest BCUT2D eigenvalue weighted by molar-refractivity contribution is 0.102. The van der Waals surface area contributed by atoms with E-state index in [0.717, 1.165) is 4.47 Å². The highest BCUT2D eigenvalue weighted by atomic mass is 79.9. The Morgan fingerprint density at radius 1 is 1.12 bits per heavy atom. The zero-order chi connectivity index (χ0) is 11.4. The summed E-state index contributed by atoms with van der Waals surface area (Å²) in [6.45, 7) is 0. The van der Waals surface area contributed by atoms with Crippen LogP contribution in [0.2, 0.25) is 0 Å². The maximum absolute atomic E-state index is 11.7. The molecule has 0 aliphatic heterocycles. The van der Waals surface area contributed by atoms with E-state index >= 15 is 0 Å². The number of anilines is 1. The molecule has 0 bridgehead atoms. The summed E-state index contributed by atoms with van der Waals surface area (Å²) < 4.78 is 0.754. The van der Waals surface area contributed by atoms with E-state index < -0.39 is 0 Å². The van der Waals surface area contributed by atoms with Crippen molar-refractivity contribution in [3.8, 4) is 0 Å². The summed E-state index contributed by atoms with van der Waals surface area (Å²) in [5, 5.41) is 2.66. The van der Waals surface area contributed by atoms with E-state index in [-0.39, 0.29) is 5.91 Å². The zero-order valence-electron chi connectivity index (χ0n) is 8.09. The molecule has 0 fully saturated rings. The quantitative estimate of drug-likeness (QED) is 0.911. The summed E-state index contributed by atoms with van der Waals surface area (Å²) in [5.41, 5.74) is 1.02. The molecule has 0 saturated heterocycles. The standard InChI is InChI=1S/C10H7BrN4O/c11-8-1-7(2-12-3-8)10(16)15-9-4-13-6-14-5-9/h1-6H,(H,15,16). The third kappa shape index (κ3) is 2.60. The minimum atomic E-state index is -0.247. The van der Waals surface area contributed by atoms with Crippen LogP contribution >= 0.6 is 15.9 Å². The Morgan fingerprint density at radius 2 is 1.88 bits per heavy atom. The van der Waals surface area contributed by atoms with Crippen molar-refractivity contribution < 1.29 is 4.79 Å². The first-order valence-electron chi connectivity index (χ1n) is 4.42. The fraction of sp³-hybridized carbons (Fsp3) is 0. The van der Waals surface area contributed by atoms with Gasteiger partial charge in [0.25, 0.3) is 5.91 Å². The van der Waals surface area contributed by atoms with Gasteiger partial charge < -0.3 is 5.32 Å². The van der Waals surface area contributed by atoms with Crippen LogP contribution in [0, 0.1) is 0 Å². The van der Waals surface area contributed by atoms with Gasteiger partial charge in [0.2, 0.25) is 0 Å². The van der Waals surface area contributed by atoms with Crippen LogP contribution in [-0.2, 0) is 0 Å². The number of nitrogens with one attached hydrogen (secondary N) is 1. The van der Waals surface area contributed by atoms with Crippen LogP contribution in [0.15, 0.2) is 41.7 Å². The van der Waals surface area contributed by atoms with Crippen molar-refractivity contribution >= 4 is 27.5 Å². The average molecular weight is 279 g/mol. The molecule has 6 heteroatoms. The number of carbonyl (C=O) groups is 1. The van der Waals surface area contributed by atoms with Gasteiger partial charge in [-0.15, -0.1) is 0 Å². The summed E-state index contributed by atoms with van der Waals surface area (Å²) in [4.78, 5) is 23.2. The number of pyridine rings is 1. The topological polar surface area (TPSA) is 67.8 Å². The van der Waals surface area contributed by atoms with Crippen molar-refractivity contribution in [2.24, 2.45) is 0 Å². The maximum Gasteiger partial charge on any atom is 0.257 e. The second-order valence-corrected chi connectivity index (χ2v) is 3.89. The van der Waals surface area contributed by atoms with E-state index in [4.69, 9.17) is 0 Å². The van der Waals surface area contributed by atoms with Gasteiger partial charge in [0, 0.05) is 16.9 Å². The number of nitrogens with zero attached hydrogens (tertiary/aromatic N) is 3. The molecule has 2 aromatic rings. The highest BCUT2D eigenvalue weighted by molar-refractivity contribution is 9.10. The lowest BCUT2D eigenvalue weighted by Crippen LogP contribution is -2.12. The Morgan fingerprint density at radius 3 is 2.56 bits per heavy atom. The fourth-order valence-corrected chi connectivity index (χ4v) is 1.47. The highest BCUT2D eigenvalue weighted by Crippen LogP contribution is 2.11. The molecule has 0 atom stereocenters. The van der Waals surface area contributed by atoms with E-state index in [9.17, 15) is 4.79 Å². The van der Waals surface area contributed by atoms with Gasteiger partial charge in [-0.3, -0.25) is 9.78 Å². The third-order valence-corrected chi connectivity index (χ3v) is 2.22. The molecule has 1 N–H and O–H groups in total. The van der Waals surface area contributed by atoms with Gasteiger partial charge in [-0.2, -0.15) is 0 Å². The molecular weight excluding hydrogens is 272 g/mol. The summed E-state index contributed by atoms with van der Waals surface area (Å²) >= 11 is 3.25. The first-order valence-corrected chi connectivity index (χ1v) is 5.22. The molecule has 80 valence electrons. The molecule has 1 amide bonds. The Kier molecular flexibility index (Phi) is 3.21. The molecule has 0 aromatic carbocycles. The Balaban J connectivity index is 2.15. The summed E-state index contributed by atoms with van der Waals surface area (Å²) in [5.74, 6) is -0.247. The Hall–Kier alpha value is -1.82. The second kappa shape index (κ2) is 4.80. The number of rotatable bonds is 2. The van der Waals surface area contributed by atoms with Crippen LogP contribution < -0.4 is 5.32 Å². The molecule has 0 aliphatic carbocycles. The van der Waals surface area contributed by atoms with E-state index in [1.54, 1.807) is 12.3 Å². The van der Waals surface area contributed by atoms with E-state index in [0.29, 0.717) is 11.3 Å². The van der Waals surface area contributed by atoms with Crippen LogP contribution in [0.4, 0.5) is 5.69 Å².